The molecule has 29 heavy (non-hydrogen) atoms. The van der Waals surface area contributed by atoms with E-state index < -0.39 is 0 Å². The van der Waals surface area contributed by atoms with Crippen LogP contribution in [0.4, 0.5) is 0 Å². The van der Waals surface area contributed by atoms with Crippen LogP contribution in [0.2, 0.25) is 0 Å². The lowest BCUT2D eigenvalue weighted by Crippen LogP contribution is -2.20. The molecule has 0 rings (SSSR count). The minimum absolute atomic E-state index is 0.214. The maximum absolute atomic E-state index is 8.79. The zero-order chi connectivity index (χ0) is 23.0. The number of nitrogens with two attached hydrogens (primary N) is 1. The first-order valence-electron chi connectivity index (χ1n) is 12.4. The highest BCUT2D eigenvalue weighted by atomic mass is 16.3. The van der Waals surface area contributed by atoms with Gasteiger partial charge in [-0.2, -0.15) is 0 Å². The van der Waals surface area contributed by atoms with Crippen LogP contribution in [0.15, 0.2) is 0 Å². The second-order valence-electron chi connectivity index (χ2n) is 7.36. The van der Waals surface area contributed by atoms with Gasteiger partial charge in [-0.05, 0) is 12.8 Å². The third-order valence-electron chi connectivity index (χ3n) is 4.93. The second-order valence-corrected chi connectivity index (χ2v) is 7.36. The van der Waals surface area contributed by atoms with Crippen molar-refractivity contribution >= 4 is 6.79 Å². The molecular weight excluding hydrogens is 362 g/mol. The monoisotopic (exact) mass is 419 g/mol. The first kappa shape index (κ1) is 36.0. The average Bonchev–Trinajstić information content (AvgIpc) is 2.78. The van der Waals surface area contributed by atoms with Gasteiger partial charge >= 0.3 is 0 Å². The second kappa shape index (κ2) is 41.8. The van der Waals surface area contributed by atoms with Crippen molar-refractivity contribution in [1.82, 2.24) is 0 Å². The van der Waals surface area contributed by atoms with Gasteiger partial charge in [-0.1, -0.05) is 124 Å². The molecule has 0 bridgehead atoms. The van der Waals surface area contributed by atoms with Crippen LogP contribution in [-0.4, -0.2) is 36.8 Å². The highest BCUT2D eigenvalue weighted by Gasteiger charge is 2.00. The standard InChI is InChI=1S/C21H45NO.C2H6.CH4O.CH2O/c1-2-3-4-5-6-7-8-9-10-11-12-13-14-15-16-17-18-21(22)19-20-23;3*1-2/h21,23H,2-20,22H2,1H3;1-2H3;2H,1H3;1H2. The summed E-state index contributed by atoms with van der Waals surface area (Å²) in [6.45, 7) is 8.52. The SMILES string of the molecule is C=O.CC.CCCCCCCCCCCCCCCCCCC(N)CCO.CO. The summed E-state index contributed by atoms with van der Waals surface area (Å²) in [5, 5.41) is 15.8. The fraction of sp³-hybridized carbons (Fsp3) is 0.960. The highest BCUT2D eigenvalue weighted by Crippen LogP contribution is 2.14. The minimum Gasteiger partial charge on any atom is -0.400 e. The molecule has 0 aliphatic carbocycles. The van der Waals surface area contributed by atoms with Crippen LogP contribution < -0.4 is 5.73 Å². The van der Waals surface area contributed by atoms with E-state index >= 15 is 0 Å². The van der Waals surface area contributed by atoms with Gasteiger partial charge in [0.2, 0.25) is 0 Å². The zero-order valence-corrected chi connectivity index (χ0v) is 20.6. The van der Waals surface area contributed by atoms with E-state index in [0.717, 1.165) is 20.0 Å². The van der Waals surface area contributed by atoms with Crippen molar-refractivity contribution in [1.29, 1.82) is 0 Å². The highest BCUT2D eigenvalue weighted by molar-refractivity contribution is 5.10. The van der Waals surface area contributed by atoms with Crippen molar-refractivity contribution in [2.45, 2.75) is 142 Å². The Bertz CT molecular complexity index is 228. The zero-order valence-electron chi connectivity index (χ0n) is 20.6. The number of hydrogen-bond donors (Lipinski definition) is 3. The van der Waals surface area contributed by atoms with Gasteiger partial charge in [0.05, 0.1) is 0 Å². The molecule has 4 nitrogen and oxygen atoms in total. The lowest BCUT2D eigenvalue weighted by atomic mass is 10.0. The van der Waals surface area contributed by atoms with Crippen molar-refractivity contribution in [2.75, 3.05) is 13.7 Å². The lowest BCUT2D eigenvalue weighted by molar-refractivity contribution is -0.0979. The summed E-state index contributed by atoms with van der Waals surface area (Å²) in [6, 6.07) is 0.214. The van der Waals surface area contributed by atoms with Gasteiger partial charge < -0.3 is 20.7 Å². The summed E-state index contributed by atoms with van der Waals surface area (Å²) >= 11 is 0. The summed E-state index contributed by atoms with van der Waals surface area (Å²) < 4.78 is 0. The van der Waals surface area contributed by atoms with E-state index in [1.54, 1.807) is 0 Å². The maximum Gasteiger partial charge on any atom is 0.106 e. The van der Waals surface area contributed by atoms with Gasteiger partial charge in [0.1, 0.15) is 6.79 Å². The normalized spacial score (nSPS) is 10.6. The van der Waals surface area contributed by atoms with Crippen molar-refractivity contribution in [3.8, 4) is 0 Å². The van der Waals surface area contributed by atoms with E-state index in [0.29, 0.717) is 0 Å². The van der Waals surface area contributed by atoms with Gasteiger partial charge in [-0.3, -0.25) is 0 Å². The predicted octanol–water partition coefficient (Wildman–Crippen LogP) is 6.80. The fourth-order valence-corrected chi connectivity index (χ4v) is 3.26. The van der Waals surface area contributed by atoms with Gasteiger partial charge in [0, 0.05) is 19.8 Å². The number of rotatable bonds is 19. The Kier molecular flexibility index (Phi) is 51.8. The molecule has 0 saturated carbocycles. The van der Waals surface area contributed by atoms with Crippen molar-refractivity contribution in [3.63, 3.8) is 0 Å². The average molecular weight is 420 g/mol. The van der Waals surface area contributed by atoms with Gasteiger partial charge in [0.15, 0.2) is 0 Å². The van der Waals surface area contributed by atoms with Crippen molar-refractivity contribution in [2.24, 2.45) is 5.73 Å². The van der Waals surface area contributed by atoms with Crippen LogP contribution in [0.5, 0.6) is 0 Å². The van der Waals surface area contributed by atoms with E-state index in [9.17, 15) is 0 Å². The van der Waals surface area contributed by atoms with E-state index in [4.69, 9.17) is 20.7 Å². The Morgan fingerprint density at radius 2 is 0.897 bits per heavy atom. The number of carbonyl (C=O) groups is 1. The third kappa shape index (κ3) is 42.6. The molecule has 0 aromatic heterocycles. The van der Waals surface area contributed by atoms with Crippen LogP contribution in [-0.2, 0) is 4.79 Å². The fourth-order valence-electron chi connectivity index (χ4n) is 3.26. The molecule has 0 radical (unpaired) electrons. The van der Waals surface area contributed by atoms with Crippen LogP contribution in [0.25, 0.3) is 0 Å². The number of aliphatic hydroxyl groups is 2. The number of carbonyl (C=O) groups excluding carboxylic acids is 1. The van der Waals surface area contributed by atoms with Gasteiger partial charge in [-0.25, -0.2) is 0 Å². The van der Waals surface area contributed by atoms with Crippen molar-refractivity contribution in [3.05, 3.63) is 0 Å². The lowest BCUT2D eigenvalue weighted by Gasteiger charge is -2.09. The maximum atomic E-state index is 8.79. The molecule has 0 amide bonds. The predicted molar refractivity (Wildman–Crippen MR) is 130 cm³/mol. The Labute approximate surface area is 184 Å². The largest absolute Gasteiger partial charge is 0.400 e. The van der Waals surface area contributed by atoms with E-state index in [1.165, 1.54) is 103 Å². The van der Waals surface area contributed by atoms with Gasteiger partial charge in [-0.15, -0.1) is 0 Å². The van der Waals surface area contributed by atoms with Crippen LogP contribution >= 0.6 is 0 Å². The van der Waals surface area contributed by atoms with E-state index in [1.807, 2.05) is 20.6 Å². The summed E-state index contributed by atoms with van der Waals surface area (Å²) in [6.07, 6.45) is 24.4. The summed E-state index contributed by atoms with van der Waals surface area (Å²) in [5.41, 5.74) is 5.88. The molecule has 0 aliphatic heterocycles. The molecule has 0 saturated heterocycles. The molecule has 0 aromatic rings. The molecule has 0 spiro atoms. The van der Waals surface area contributed by atoms with Crippen LogP contribution in [0.3, 0.4) is 0 Å². The van der Waals surface area contributed by atoms with Gasteiger partial charge in [0.25, 0.3) is 0 Å². The molecule has 0 aliphatic rings. The Hall–Kier alpha value is -0.450. The molecule has 1 atom stereocenters. The molecular formula is C25H57NO3. The third-order valence-corrected chi connectivity index (χ3v) is 4.93. The number of unbranched alkanes of at least 4 members (excludes halogenated alkanes) is 15. The molecule has 4 N–H and O–H groups in total. The summed E-state index contributed by atoms with van der Waals surface area (Å²) in [7, 11) is 1.00. The quantitative estimate of drug-likeness (QED) is 0.201. The Morgan fingerprint density at radius 3 is 1.17 bits per heavy atom. The molecule has 0 fully saturated rings. The first-order chi connectivity index (χ1) is 14.3. The first-order valence-corrected chi connectivity index (χ1v) is 12.4. The van der Waals surface area contributed by atoms with Crippen LogP contribution in [0, 0.1) is 0 Å². The smallest absolute Gasteiger partial charge is 0.106 e. The molecule has 0 heterocycles. The number of aliphatic hydroxyl groups excluding tert-OH is 2. The van der Waals surface area contributed by atoms with Crippen molar-refractivity contribution < 1.29 is 15.0 Å². The molecule has 180 valence electrons. The molecule has 1 unspecified atom stereocenters. The van der Waals surface area contributed by atoms with Crippen LogP contribution in [0.1, 0.15) is 136 Å². The Balaban J connectivity index is -0.000000472. The van der Waals surface area contributed by atoms with E-state index in [2.05, 4.69) is 6.92 Å². The summed E-state index contributed by atoms with van der Waals surface area (Å²) in [5.74, 6) is 0. The molecule has 4 heteroatoms. The van der Waals surface area contributed by atoms with E-state index in [-0.39, 0.29) is 12.6 Å². The molecule has 0 aromatic carbocycles. The topological polar surface area (TPSA) is 83.6 Å². The minimum atomic E-state index is 0.214. The summed E-state index contributed by atoms with van der Waals surface area (Å²) in [4.78, 5) is 8.00. The number of hydrogen-bond acceptors (Lipinski definition) is 4. The Morgan fingerprint density at radius 1 is 0.621 bits per heavy atom.